The van der Waals surface area contributed by atoms with Crippen LogP contribution in [0.5, 0.6) is 11.5 Å². The first-order valence-corrected chi connectivity index (χ1v) is 6.82. The molecule has 110 valence electrons. The summed E-state index contributed by atoms with van der Waals surface area (Å²) in [6.07, 6.45) is 1.85. The van der Waals surface area contributed by atoms with Crippen molar-refractivity contribution in [1.29, 1.82) is 0 Å². The molecule has 0 aliphatic carbocycles. The van der Waals surface area contributed by atoms with E-state index in [1.54, 1.807) is 0 Å². The maximum Gasteiger partial charge on any atom is 0.322 e. The van der Waals surface area contributed by atoms with Gasteiger partial charge in [-0.25, -0.2) is 0 Å². The molecule has 1 heterocycles. The number of aryl methyl sites for hydroxylation is 1. The van der Waals surface area contributed by atoms with Gasteiger partial charge in [-0.15, -0.1) is 0 Å². The Morgan fingerprint density at radius 3 is 2.85 bits per heavy atom. The first kappa shape index (κ1) is 14.7. The lowest BCUT2D eigenvalue weighted by Crippen LogP contribution is -2.40. The average Bonchev–Trinajstić information content (AvgIpc) is 2.91. The molecular weight excluding hydrogens is 258 g/mol. The van der Waals surface area contributed by atoms with Gasteiger partial charge in [0.25, 0.3) is 0 Å². The third-order valence-corrected chi connectivity index (χ3v) is 3.39. The Hall–Kier alpha value is -1.75. The lowest BCUT2D eigenvalue weighted by molar-refractivity contribution is -0.142. The molecule has 5 heteroatoms. The van der Waals surface area contributed by atoms with Gasteiger partial charge in [-0.1, -0.05) is 6.07 Å². The van der Waals surface area contributed by atoms with Gasteiger partial charge in [0, 0.05) is 6.04 Å². The fraction of sp³-hybridized carbons (Fsp3) is 0.533. The molecule has 1 aliphatic heterocycles. The second-order valence-corrected chi connectivity index (χ2v) is 5.04. The van der Waals surface area contributed by atoms with Gasteiger partial charge in [-0.2, -0.15) is 0 Å². The van der Waals surface area contributed by atoms with E-state index in [2.05, 4.69) is 12.2 Å². The minimum absolute atomic E-state index is 0.231. The van der Waals surface area contributed by atoms with E-state index in [0.29, 0.717) is 6.79 Å². The van der Waals surface area contributed by atoms with E-state index >= 15 is 0 Å². The second-order valence-electron chi connectivity index (χ2n) is 5.04. The summed E-state index contributed by atoms with van der Waals surface area (Å²) < 4.78 is 15.3. The van der Waals surface area contributed by atoms with Crippen LogP contribution < -0.4 is 14.8 Å². The Morgan fingerprint density at radius 2 is 2.10 bits per heavy atom. The third-order valence-electron chi connectivity index (χ3n) is 3.39. The van der Waals surface area contributed by atoms with Crippen molar-refractivity contribution >= 4 is 5.97 Å². The summed E-state index contributed by atoms with van der Waals surface area (Å²) >= 11 is 0. The lowest BCUT2D eigenvalue weighted by Gasteiger charge is -2.18. The van der Waals surface area contributed by atoms with E-state index in [0.717, 1.165) is 24.3 Å². The van der Waals surface area contributed by atoms with Crippen LogP contribution >= 0.6 is 0 Å². The maximum absolute atomic E-state index is 11.3. The molecule has 0 fully saturated rings. The Labute approximate surface area is 119 Å². The zero-order valence-corrected chi connectivity index (χ0v) is 12.1. The molecule has 0 spiro atoms. The van der Waals surface area contributed by atoms with Crippen molar-refractivity contribution in [1.82, 2.24) is 5.32 Å². The third kappa shape index (κ3) is 3.63. The van der Waals surface area contributed by atoms with Gasteiger partial charge in [0.2, 0.25) is 6.79 Å². The summed E-state index contributed by atoms with van der Waals surface area (Å²) in [5.41, 5.74) is 1.20. The molecule has 1 aliphatic rings. The van der Waals surface area contributed by atoms with Gasteiger partial charge in [0.1, 0.15) is 6.04 Å². The number of hydrogen-bond acceptors (Lipinski definition) is 5. The minimum Gasteiger partial charge on any atom is -0.468 e. The van der Waals surface area contributed by atoms with E-state index in [1.807, 2.05) is 25.1 Å². The van der Waals surface area contributed by atoms with Crippen LogP contribution in [0.2, 0.25) is 0 Å². The number of methoxy groups -OCH3 is 1. The second kappa shape index (κ2) is 6.61. The molecule has 2 rings (SSSR count). The zero-order valence-electron chi connectivity index (χ0n) is 12.1. The van der Waals surface area contributed by atoms with E-state index in [9.17, 15) is 4.79 Å². The van der Waals surface area contributed by atoms with Crippen molar-refractivity contribution in [2.24, 2.45) is 0 Å². The summed E-state index contributed by atoms with van der Waals surface area (Å²) in [5, 5.41) is 3.22. The number of nitrogens with one attached hydrogen (secondary N) is 1. The van der Waals surface area contributed by atoms with E-state index < -0.39 is 0 Å². The molecule has 0 saturated heterocycles. The highest BCUT2D eigenvalue weighted by Crippen LogP contribution is 2.32. The van der Waals surface area contributed by atoms with E-state index in [-0.39, 0.29) is 18.1 Å². The number of esters is 1. The fourth-order valence-corrected chi connectivity index (χ4v) is 2.23. The van der Waals surface area contributed by atoms with Crippen LogP contribution in [0, 0.1) is 0 Å². The van der Waals surface area contributed by atoms with Crippen LogP contribution in [-0.4, -0.2) is 32.0 Å². The van der Waals surface area contributed by atoms with E-state index in [1.165, 1.54) is 12.7 Å². The highest BCUT2D eigenvalue weighted by Gasteiger charge is 2.16. The summed E-state index contributed by atoms with van der Waals surface area (Å²) in [6.45, 7) is 4.17. The topological polar surface area (TPSA) is 56.8 Å². The first-order chi connectivity index (χ1) is 9.60. The monoisotopic (exact) mass is 279 g/mol. The van der Waals surface area contributed by atoms with E-state index in [4.69, 9.17) is 14.2 Å². The standard InChI is InChI=1S/C15H21NO4/c1-10(16-11(2)15(17)18-3)4-5-12-6-7-13-14(8-12)20-9-19-13/h6-8,10-11,16H,4-5,9H2,1-3H3/t10?,11-/m0/s1. The number of benzene rings is 1. The SMILES string of the molecule is COC(=O)[C@H](C)NC(C)CCc1ccc2c(c1)OCO2. The van der Waals surface area contributed by atoms with Crippen molar-refractivity contribution in [2.75, 3.05) is 13.9 Å². The predicted octanol–water partition coefficient (Wildman–Crippen LogP) is 1.89. The van der Waals surface area contributed by atoms with Crippen LogP contribution in [0.4, 0.5) is 0 Å². The largest absolute Gasteiger partial charge is 0.468 e. The van der Waals surface area contributed by atoms with Gasteiger partial charge in [-0.05, 0) is 44.4 Å². The number of carbonyl (C=O) groups is 1. The predicted molar refractivity (Wildman–Crippen MR) is 75.0 cm³/mol. The Bertz CT molecular complexity index is 475. The maximum atomic E-state index is 11.3. The molecule has 0 saturated carbocycles. The van der Waals surface area contributed by atoms with Gasteiger partial charge < -0.3 is 19.5 Å². The molecule has 0 amide bonds. The molecule has 0 radical (unpaired) electrons. The molecule has 2 atom stereocenters. The highest BCUT2D eigenvalue weighted by molar-refractivity contribution is 5.75. The van der Waals surface area contributed by atoms with Gasteiger partial charge in [0.05, 0.1) is 7.11 Å². The number of hydrogen-bond donors (Lipinski definition) is 1. The van der Waals surface area contributed by atoms with Gasteiger partial charge in [0.15, 0.2) is 11.5 Å². The van der Waals surface area contributed by atoms with Gasteiger partial charge >= 0.3 is 5.97 Å². The minimum atomic E-state index is -0.285. The van der Waals surface area contributed by atoms with Crippen molar-refractivity contribution in [2.45, 2.75) is 38.8 Å². The van der Waals surface area contributed by atoms with Crippen LogP contribution in [-0.2, 0) is 16.0 Å². The lowest BCUT2D eigenvalue weighted by atomic mass is 10.0. The average molecular weight is 279 g/mol. The summed E-state index contributed by atoms with van der Waals surface area (Å²) in [7, 11) is 1.40. The number of ether oxygens (including phenoxy) is 3. The summed E-state index contributed by atoms with van der Waals surface area (Å²) in [6, 6.07) is 5.94. The van der Waals surface area contributed by atoms with Crippen molar-refractivity contribution in [3.63, 3.8) is 0 Å². The number of carbonyl (C=O) groups excluding carboxylic acids is 1. The molecular formula is C15H21NO4. The molecule has 0 aromatic heterocycles. The number of fused-ring (bicyclic) bond motifs is 1. The fourth-order valence-electron chi connectivity index (χ4n) is 2.23. The van der Waals surface area contributed by atoms with Crippen LogP contribution in [0.3, 0.4) is 0 Å². The summed E-state index contributed by atoms with van der Waals surface area (Å²) in [4.78, 5) is 11.3. The molecule has 20 heavy (non-hydrogen) atoms. The van der Waals surface area contributed by atoms with Crippen molar-refractivity contribution in [3.8, 4) is 11.5 Å². The molecule has 1 aromatic carbocycles. The Kier molecular flexibility index (Phi) is 4.84. The first-order valence-electron chi connectivity index (χ1n) is 6.82. The van der Waals surface area contributed by atoms with Crippen LogP contribution in [0.15, 0.2) is 18.2 Å². The smallest absolute Gasteiger partial charge is 0.322 e. The van der Waals surface area contributed by atoms with Crippen LogP contribution in [0.25, 0.3) is 0 Å². The van der Waals surface area contributed by atoms with Crippen molar-refractivity contribution < 1.29 is 19.0 Å². The van der Waals surface area contributed by atoms with Crippen LogP contribution in [0.1, 0.15) is 25.8 Å². The zero-order chi connectivity index (χ0) is 14.5. The highest BCUT2D eigenvalue weighted by atomic mass is 16.7. The molecule has 5 nitrogen and oxygen atoms in total. The van der Waals surface area contributed by atoms with Gasteiger partial charge in [-0.3, -0.25) is 4.79 Å². The normalized spacial score (nSPS) is 15.8. The molecule has 1 N–H and O–H groups in total. The quantitative estimate of drug-likeness (QED) is 0.806. The Balaban J connectivity index is 1.81. The summed E-state index contributed by atoms with van der Waals surface area (Å²) in [5.74, 6) is 1.38. The Morgan fingerprint density at radius 1 is 1.35 bits per heavy atom. The molecule has 1 aromatic rings. The van der Waals surface area contributed by atoms with Crippen molar-refractivity contribution in [3.05, 3.63) is 23.8 Å². The molecule has 0 bridgehead atoms. The molecule has 1 unspecified atom stereocenters. The number of rotatable bonds is 6.